The van der Waals surface area contributed by atoms with E-state index >= 15 is 0 Å². The zero-order valence-electron chi connectivity index (χ0n) is 13.6. The van der Waals surface area contributed by atoms with Crippen molar-refractivity contribution in [2.24, 2.45) is 0 Å². The molecular weight excluding hydrogens is 312 g/mol. The van der Waals surface area contributed by atoms with Gasteiger partial charge in [0.25, 0.3) is 5.56 Å². The molecule has 1 aromatic heterocycles. The van der Waals surface area contributed by atoms with Crippen LogP contribution in [0.15, 0.2) is 41.2 Å². The van der Waals surface area contributed by atoms with Crippen LogP contribution in [0.3, 0.4) is 0 Å². The van der Waals surface area contributed by atoms with E-state index in [1.807, 2.05) is 46.6 Å². The molecule has 2 heterocycles. The normalized spacial score (nSPS) is 15.3. The topological polar surface area (TPSA) is 42.2 Å². The number of aromatic nitrogens is 2. The first-order valence-corrected chi connectivity index (χ1v) is 8.03. The number of para-hydroxylation sites is 1. The van der Waals surface area contributed by atoms with E-state index in [-0.39, 0.29) is 18.0 Å². The SMILES string of the molecule is Cc1cc(=O)n(CCCN2CCNCC2)n1-c1ccccc1.Cl. The number of aryl methyl sites for hydroxylation is 1. The summed E-state index contributed by atoms with van der Waals surface area (Å²) in [5.41, 5.74) is 2.12. The van der Waals surface area contributed by atoms with Gasteiger partial charge < -0.3 is 10.2 Å². The molecule has 5 nitrogen and oxygen atoms in total. The second-order valence-electron chi connectivity index (χ2n) is 5.84. The van der Waals surface area contributed by atoms with Gasteiger partial charge in [-0.3, -0.25) is 9.48 Å². The molecule has 0 amide bonds. The molecule has 1 aromatic carbocycles. The van der Waals surface area contributed by atoms with Crippen LogP contribution in [0.4, 0.5) is 0 Å². The molecule has 0 radical (unpaired) electrons. The van der Waals surface area contributed by atoms with E-state index in [1.165, 1.54) is 0 Å². The maximum atomic E-state index is 12.2. The second-order valence-corrected chi connectivity index (χ2v) is 5.84. The summed E-state index contributed by atoms with van der Waals surface area (Å²) in [5, 5.41) is 3.36. The van der Waals surface area contributed by atoms with E-state index in [0.717, 1.165) is 57.1 Å². The predicted octanol–water partition coefficient (Wildman–Crippen LogP) is 1.66. The molecule has 1 N–H and O–H groups in total. The zero-order valence-corrected chi connectivity index (χ0v) is 14.4. The summed E-state index contributed by atoms with van der Waals surface area (Å²) in [7, 11) is 0. The number of nitrogens with zero attached hydrogens (tertiary/aromatic N) is 3. The average Bonchev–Trinajstić information content (AvgIpc) is 2.83. The zero-order chi connectivity index (χ0) is 15.4. The van der Waals surface area contributed by atoms with Crippen LogP contribution in [0.1, 0.15) is 12.1 Å². The van der Waals surface area contributed by atoms with Crippen molar-refractivity contribution in [2.75, 3.05) is 32.7 Å². The third-order valence-electron chi connectivity index (χ3n) is 4.22. The lowest BCUT2D eigenvalue weighted by Gasteiger charge is -2.27. The van der Waals surface area contributed by atoms with Gasteiger partial charge in [-0.25, -0.2) is 4.68 Å². The van der Waals surface area contributed by atoms with Crippen LogP contribution >= 0.6 is 12.4 Å². The minimum absolute atomic E-state index is 0. The van der Waals surface area contributed by atoms with E-state index in [9.17, 15) is 4.79 Å². The Bertz CT molecular complexity index is 659. The molecule has 0 atom stereocenters. The van der Waals surface area contributed by atoms with Crippen LogP contribution in [-0.4, -0.2) is 47.0 Å². The highest BCUT2D eigenvalue weighted by atomic mass is 35.5. The molecule has 6 heteroatoms. The molecule has 126 valence electrons. The van der Waals surface area contributed by atoms with E-state index in [0.29, 0.717) is 0 Å². The number of piperazine rings is 1. The van der Waals surface area contributed by atoms with E-state index < -0.39 is 0 Å². The molecule has 1 aliphatic rings. The Morgan fingerprint density at radius 3 is 2.48 bits per heavy atom. The standard InChI is InChI=1S/C17H24N4O.ClH/c1-15-14-17(22)20(21(15)16-6-3-2-4-7-16)11-5-10-19-12-8-18-9-13-19;/h2-4,6-7,14,18H,5,8-13H2,1H3;1H. The summed E-state index contributed by atoms with van der Waals surface area (Å²) in [4.78, 5) is 14.7. The third kappa shape index (κ3) is 4.25. The highest BCUT2D eigenvalue weighted by Gasteiger charge is 2.12. The van der Waals surface area contributed by atoms with Gasteiger partial charge in [-0.1, -0.05) is 18.2 Å². The maximum Gasteiger partial charge on any atom is 0.267 e. The molecule has 0 spiro atoms. The Hall–Kier alpha value is -1.56. The Labute approximate surface area is 143 Å². The van der Waals surface area contributed by atoms with Crippen LogP contribution in [0.2, 0.25) is 0 Å². The second kappa shape index (κ2) is 8.34. The van der Waals surface area contributed by atoms with Gasteiger partial charge in [-0.2, -0.15) is 0 Å². The van der Waals surface area contributed by atoms with Gasteiger partial charge in [-0.05, 0) is 25.5 Å². The Morgan fingerprint density at radius 2 is 1.78 bits per heavy atom. The largest absolute Gasteiger partial charge is 0.314 e. The Balaban J connectivity index is 0.00000192. The fraction of sp³-hybridized carbons (Fsp3) is 0.471. The maximum absolute atomic E-state index is 12.2. The van der Waals surface area contributed by atoms with Crippen molar-refractivity contribution in [3.63, 3.8) is 0 Å². The number of nitrogens with one attached hydrogen (secondary N) is 1. The molecule has 0 bridgehead atoms. The van der Waals surface area contributed by atoms with Gasteiger partial charge in [0, 0.05) is 51.0 Å². The molecular formula is C17H25ClN4O. The summed E-state index contributed by atoms with van der Waals surface area (Å²) in [6, 6.07) is 11.8. The Morgan fingerprint density at radius 1 is 1.09 bits per heavy atom. The monoisotopic (exact) mass is 336 g/mol. The molecule has 0 saturated carbocycles. The fourth-order valence-electron chi connectivity index (χ4n) is 3.10. The minimum atomic E-state index is 0. The smallest absolute Gasteiger partial charge is 0.267 e. The number of rotatable bonds is 5. The Kier molecular flexibility index (Phi) is 6.45. The van der Waals surface area contributed by atoms with E-state index in [4.69, 9.17) is 0 Å². The number of benzene rings is 1. The van der Waals surface area contributed by atoms with Crippen molar-refractivity contribution in [3.8, 4) is 5.69 Å². The van der Waals surface area contributed by atoms with Crippen LogP contribution < -0.4 is 10.9 Å². The lowest BCUT2D eigenvalue weighted by atomic mass is 10.3. The van der Waals surface area contributed by atoms with Crippen LogP contribution in [-0.2, 0) is 6.54 Å². The van der Waals surface area contributed by atoms with E-state index in [2.05, 4.69) is 10.2 Å². The number of halogens is 1. The van der Waals surface area contributed by atoms with Crippen molar-refractivity contribution in [2.45, 2.75) is 19.9 Å². The van der Waals surface area contributed by atoms with Gasteiger partial charge in [0.15, 0.2) is 0 Å². The lowest BCUT2D eigenvalue weighted by molar-refractivity contribution is 0.232. The lowest BCUT2D eigenvalue weighted by Crippen LogP contribution is -2.44. The molecule has 1 saturated heterocycles. The van der Waals surface area contributed by atoms with Crippen molar-refractivity contribution >= 4 is 12.4 Å². The quantitative estimate of drug-likeness (QED) is 0.903. The molecule has 23 heavy (non-hydrogen) atoms. The summed E-state index contributed by atoms with van der Waals surface area (Å²) in [6.45, 7) is 8.14. The van der Waals surface area contributed by atoms with Crippen molar-refractivity contribution in [1.82, 2.24) is 19.6 Å². The van der Waals surface area contributed by atoms with Gasteiger partial charge in [-0.15, -0.1) is 12.4 Å². The third-order valence-corrected chi connectivity index (χ3v) is 4.22. The van der Waals surface area contributed by atoms with Gasteiger partial charge in [0.05, 0.1) is 5.69 Å². The first-order chi connectivity index (χ1) is 10.8. The van der Waals surface area contributed by atoms with Crippen molar-refractivity contribution in [3.05, 3.63) is 52.4 Å². The van der Waals surface area contributed by atoms with Gasteiger partial charge in [0.2, 0.25) is 0 Å². The van der Waals surface area contributed by atoms with Crippen molar-refractivity contribution in [1.29, 1.82) is 0 Å². The highest BCUT2D eigenvalue weighted by Crippen LogP contribution is 2.10. The first-order valence-electron chi connectivity index (χ1n) is 8.03. The van der Waals surface area contributed by atoms with E-state index in [1.54, 1.807) is 6.07 Å². The highest BCUT2D eigenvalue weighted by molar-refractivity contribution is 5.85. The number of hydrogen-bond acceptors (Lipinski definition) is 3. The summed E-state index contributed by atoms with van der Waals surface area (Å²) < 4.78 is 3.88. The predicted molar refractivity (Wildman–Crippen MR) is 95.9 cm³/mol. The molecule has 1 fully saturated rings. The van der Waals surface area contributed by atoms with Gasteiger partial charge in [0.1, 0.15) is 0 Å². The number of hydrogen-bond donors (Lipinski definition) is 1. The summed E-state index contributed by atoms with van der Waals surface area (Å²) in [6.07, 6.45) is 0.996. The average molecular weight is 337 g/mol. The minimum Gasteiger partial charge on any atom is -0.314 e. The molecule has 1 aliphatic heterocycles. The fourth-order valence-corrected chi connectivity index (χ4v) is 3.10. The first kappa shape index (κ1) is 17.8. The van der Waals surface area contributed by atoms with Crippen LogP contribution in [0, 0.1) is 6.92 Å². The molecule has 0 unspecified atom stereocenters. The van der Waals surface area contributed by atoms with Crippen LogP contribution in [0.25, 0.3) is 5.69 Å². The molecule has 0 aliphatic carbocycles. The molecule has 2 aromatic rings. The van der Waals surface area contributed by atoms with Gasteiger partial charge >= 0.3 is 0 Å². The van der Waals surface area contributed by atoms with Crippen molar-refractivity contribution < 1.29 is 0 Å². The summed E-state index contributed by atoms with van der Waals surface area (Å²) >= 11 is 0. The summed E-state index contributed by atoms with van der Waals surface area (Å²) in [5.74, 6) is 0. The molecule has 3 rings (SSSR count). The van der Waals surface area contributed by atoms with Crippen LogP contribution in [0.5, 0.6) is 0 Å².